The van der Waals surface area contributed by atoms with Crippen LogP contribution in [0.5, 0.6) is 0 Å². The molecule has 0 aliphatic rings. The minimum absolute atomic E-state index is 0.103. The lowest BCUT2D eigenvalue weighted by molar-refractivity contribution is 0.0467. The van der Waals surface area contributed by atoms with Gasteiger partial charge >= 0.3 is 5.97 Å². The van der Waals surface area contributed by atoms with Crippen molar-refractivity contribution in [2.24, 2.45) is 0 Å². The van der Waals surface area contributed by atoms with E-state index in [4.69, 9.17) is 4.74 Å². The molecule has 6 heteroatoms. The zero-order valence-corrected chi connectivity index (χ0v) is 12.9. The summed E-state index contributed by atoms with van der Waals surface area (Å²) >= 11 is 0. The van der Waals surface area contributed by atoms with Gasteiger partial charge in [-0.1, -0.05) is 18.2 Å². The van der Waals surface area contributed by atoms with E-state index in [0.29, 0.717) is 28.8 Å². The van der Waals surface area contributed by atoms with Gasteiger partial charge < -0.3 is 4.74 Å². The quantitative estimate of drug-likeness (QED) is 0.543. The van der Waals surface area contributed by atoms with Gasteiger partial charge in [-0.15, -0.1) is 0 Å². The van der Waals surface area contributed by atoms with E-state index in [-0.39, 0.29) is 12.2 Å². The molecule has 0 fully saturated rings. The average Bonchev–Trinajstić information content (AvgIpc) is 2.60. The zero-order chi connectivity index (χ0) is 17.1. The highest BCUT2D eigenvalue weighted by atomic mass is 16.5. The number of aryl methyl sites for hydroxylation is 1. The number of rotatable bonds is 4. The van der Waals surface area contributed by atoms with Gasteiger partial charge in [0.05, 0.1) is 11.3 Å². The summed E-state index contributed by atoms with van der Waals surface area (Å²) in [7, 11) is 0. The van der Waals surface area contributed by atoms with Crippen LogP contribution in [0.1, 0.15) is 32.0 Å². The van der Waals surface area contributed by atoms with Gasteiger partial charge in [-0.25, -0.2) is 9.78 Å². The summed E-state index contributed by atoms with van der Waals surface area (Å²) in [5.74, 6) is -0.543. The average molecular weight is 322 g/mol. The molecule has 0 aliphatic heterocycles. The Hall–Kier alpha value is -3.28. The number of carbonyl (C=O) groups excluding carboxylic acids is 2. The number of hydrogen-bond donors (Lipinski definition) is 0. The molecule has 0 N–H and O–H groups in total. The predicted octanol–water partition coefficient (Wildman–Crippen LogP) is 2.17. The largest absolute Gasteiger partial charge is 0.456 e. The van der Waals surface area contributed by atoms with Crippen LogP contribution in [0.15, 0.2) is 53.5 Å². The van der Waals surface area contributed by atoms with Gasteiger partial charge in [0.25, 0.3) is 5.56 Å². The number of nitrogens with zero attached hydrogens (tertiary/aromatic N) is 2. The summed E-state index contributed by atoms with van der Waals surface area (Å²) in [6, 6.07) is 11.0. The van der Waals surface area contributed by atoms with Crippen molar-refractivity contribution in [2.75, 3.05) is 0 Å². The fourth-order valence-electron chi connectivity index (χ4n) is 2.25. The van der Waals surface area contributed by atoms with E-state index >= 15 is 0 Å². The first-order valence-electron chi connectivity index (χ1n) is 7.28. The van der Waals surface area contributed by atoms with E-state index < -0.39 is 5.97 Å². The third-order valence-corrected chi connectivity index (χ3v) is 3.49. The lowest BCUT2D eigenvalue weighted by Gasteiger charge is -2.06. The van der Waals surface area contributed by atoms with Gasteiger partial charge in [-0.3, -0.25) is 14.0 Å². The van der Waals surface area contributed by atoms with Crippen molar-refractivity contribution in [1.29, 1.82) is 0 Å². The molecule has 6 nitrogen and oxygen atoms in total. The second-order valence-electron chi connectivity index (χ2n) is 5.34. The molecule has 1 aromatic carbocycles. The first kappa shape index (κ1) is 15.6. The Morgan fingerprint density at radius 2 is 1.96 bits per heavy atom. The first-order valence-corrected chi connectivity index (χ1v) is 7.28. The molecule has 0 radical (unpaired) electrons. The fourth-order valence-corrected chi connectivity index (χ4v) is 2.25. The van der Waals surface area contributed by atoms with E-state index in [1.165, 1.54) is 34.7 Å². The summed E-state index contributed by atoms with van der Waals surface area (Å²) in [4.78, 5) is 39.0. The van der Waals surface area contributed by atoms with E-state index in [9.17, 15) is 14.4 Å². The molecular weight excluding hydrogens is 308 g/mol. The highest BCUT2D eigenvalue weighted by Gasteiger charge is 2.09. The molecule has 0 amide bonds. The highest BCUT2D eigenvalue weighted by Crippen LogP contribution is 2.07. The Morgan fingerprint density at radius 3 is 2.67 bits per heavy atom. The lowest BCUT2D eigenvalue weighted by atomic mass is 10.1. The van der Waals surface area contributed by atoms with Crippen LogP contribution in [0.2, 0.25) is 0 Å². The molecule has 0 saturated carbocycles. The van der Waals surface area contributed by atoms with Crippen molar-refractivity contribution >= 4 is 17.9 Å². The Bertz CT molecular complexity index is 974. The number of pyridine rings is 1. The van der Waals surface area contributed by atoms with Gasteiger partial charge in [-0.05, 0) is 30.7 Å². The Labute approximate surface area is 137 Å². The van der Waals surface area contributed by atoms with Crippen LogP contribution >= 0.6 is 0 Å². The van der Waals surface area contributed by atoms with Crippen molar-refractivity contribution < 1.29 is 14.3 Å². The molecule has 120 valence electrons. The van der Waals surface area contributed by atoms with Crippen molar-refractivity contribution in [1.82, 2.24) is 9.38 Å². The summed E-state index contributed by atoms with van der Waals surface area (Å²) in [6.07, 6.45) is 2.40. The number of ether oxygens (including phenoxy) is 1. The van der Waals surface area contributed by atoms with Crippen molar-refractivity contribution in [3.05, 3.63) is 81.4 Å². The van der Waals surface area contributed by atoms with Crippen LogP contribution < -0.4 is 5.56 Å². The minimum atomic E-state index is -0.543. The van der Waals surface area contributed by atoms with Crippen molar-refractivity contribution in [3.8, 4) is 0 Å². The molecule has 3 aromatic rings. The molecule has 2 aromatic heterocycles. The van der Waals surface area contributed by atoms with Crippen molar-refractivity contribution in [3.63, 3.8) is 0 Å². The van der Waals surface area contributed by atoms with Crippen LogP contribution in [0.3, 0.4) is 0 Å². The van der Waals surface area contributed by atoms with Gasteiger partial charge in [-0.2, -0.15) is 0 Å². The van der Waals surface area contributed by atoms with Crippen LogP contribution in [-0.2, 0) is 11.3 Å². The monoisotopic (exact) mass is 322 g/mol. The number of esters is 1. The maximum Gasteiger partial charge on any atom is 0.338 e. The molecule has 0 unspecified atom stereocenters. The molecule has 0 bridgehead atoms. The topological polar surface area (TPSA) is 77.7 Å². The number of aromatic nitrogens is 2. The zero-order valence-electron chi connectivity index (χ0n) is 12.9. The molecule has 0 spiro atoms. The third-order valence-electron chi connectivity index (χ3n) is 3.49. The third kappa shape index (κ3) is 3.22. The summed E-state index contributed by atoms with van der Waals surface area (Å²) in [5, 5.41) is 0. The van der Waals surface area contributed by atoms with E-state index in [2.05, 4.69) is 4.98 Å². The molecule has 0 saturated heterocycles. The predicted molar refractivity (Wildman–Crippen MR) is 87.1 cm³/mol. The molecule has 2 heterocycles. The molecular formula is C18H14N2O4. The van der Waals surface area contributed by atoms with Crippen LogP contribution in [0.25, 0.3) is 5.65 Å². The second kappa shape index (κ2) is 6.45. The van der Waals surface area contributed by atoms with E-state index in [1.807, 2.05) is 13.0 Å². The van der Waals surface area contributed by atoms with Gasteiger partial charge in [0.15, 0.2) is 0 Å². The smallest absolute Gasteiger partial charge is 0.338 e. The number of fused-ring (bicyclic) bond motifs is 1. The van der Waals surface area contributed by atoms with Gasteiger partial charge in [0, 0.05) is 17.8 Å². The Balaban J connectivity index is 1.77. The second-order valence-corrected chi connectivity index (χ2v) is 5.34. The number of hydrogen-bond acceptors (Lipinski definition) is 5. The maximum absolute atomic E-state index is 12.1. The van der Waals surface area contributed by atoms with Crippen LogP contribution in [-0.4, -0.2) is 21.6 Å². The van der Waals surface area contributed by atoms with Crippen molar-refractivity contribution in [2.45, 2.75) is 13.5 Å². The molecule has 3 rings (SSSR count). The summed E-state index contributed by atoms with van der Waals surface area (Å²) < 4.78 is 6.62. The Morgan fingerprint density at radius 1 is 1.21 bits per heavy atom. The van der Waals surface area contributed by atoms with Crippen LogP contribution in [0, 0.1) is 6.92 Å². The standard InChI is InChI=1S/C18H14N2O4/c1-12-2-7-16-19-15(8-17(22)20(16)9-12)11-24-18(23)14-5-3-13(10-21)4-6-14/h2-10H,11H2,1H3. The van der Waals surface area contributed by atoms with E-state index in [1.54, 1.807) is 12.3 Å². The molecule has 24 heavy (non-hydrogen) atoms. The van der Waals surface area contributed by atoms with E-state index in [0.717, 1.165) is 5.56 Å². The number of carbonyl (C=O) groups is 2. The first-order chi connectivity index (χ1) is 11.6. The van der Waals surface area contributed by atoms with Gasteiger partial charge in [0.1, 0.15) is 18.5 Å². The summed E-state index contributed by atoms with van der Waals surface area (Å²) in [5.41, 5.74) is 2.39. The maximum atomic E-state index is 12.1. The minimum Gasteiger partial charge on any atom is -0.456 e. The Kier molecular flexibility index (Phi) is 4.20. The molecule has 0 aliphatic carbocycles. The fraction of sp³-hybridized carbons (Fsp3) is 0.111. The highest BCUT2D eigenvalue weighted by molar-refractivity contribution is 5.90. The van der Waals surface area contributed by atoms with Crippen LogP contribution in [0.4, 0.5) is 0 Å². The normalized spacial score (nSPS) is 10.5. The number of benzene rings is 1. The number of aldehydes is 1. The van der Waals surface area contributed by atoms with Gasteiger partial charge in [0.2, 0.25) is 0 Å². The lowest BCUT2D eigenvalue weighted by Crippen LogP contribution is -2.17. The summed E-state index contributed by atoms with van der Waals surface area (Å²) in [6.45, 7) is 1.78. The SMILES string of the molecule is Cc1ccc2nc(COC(=O)c3ccc(C=O)cc3)cc(=O)n2c1. The molecule has 0 atom stereocenters.